The highest BCUT2D eigenvalue weighted by molar-refractivity contribution is 7.00. The molecule has 14 rings (SSSR count). The Hall–Kier alpha value is -8.34. The number of furan rings is 1. The van der Waals surface area contributed by atoms with E-state index in [2.05, 4.69) is 307 Å². The summed E-state index contributed by atoms with van der Waals surface area (Å²) in [7, 11) is 0. The molecule has 10 aromatic carbocycles. The third kappa shape index (κ3) is 8.68. The molecule has 0 atom stereocenters. The minimum absolute atomic E-state index is 0.0471. The Morgan fingerprint density at radius 1 is 0.321 bits per heavy atom. The Kier molecular flexibility index (Phi) is 11.9. The topological polar surface area (TPSA) is 21.3 Å². The van der Waals surface area contributed by atoms with Crippen LogP contribution in [0.5, 0.6) is 0 Å². The molecule has 4 heteroatoms. The first-order valence-electron chi connectivity index (χ1n) is 30.4. The highest BCUT2D eigenvalue weighted by atomic mass is 16.3. The second-order valence-electron chi connectivity index (χ2n) is 29.5. The number of hydrogen-bond donors (Lipinski definition) is 0. The lowest BCUT2D eigenvalue weighted by atomic mass is 9.33. The van der Waals surface area contributed by atoms with Crippen LogP contribution in [-0.2, 0) is 27.1 Å². The monoisotopic (exact) mass is 1090 g/mol. The number of rotatable bonds is 5. The van der Waals surface area contributed by atoms with Gasteiger partial charge in [-0.15, -0.1) is 0 Å². The van der Waals surface area contributed by atoms with E-state index >= 15 is 0 Å². The van der Waals surface area contributed by atoms with Gasteiger partial charge in [0.15, 0.2) is 0 Å². The van der Waals surface area contributed by atoms with Gasteiger partial charge in [-0.2, -0.15) is 0 Å². The van der Waals surface area contributed by atoms with Crippen LogP contribution in [0.2, 0.25) is 0 Å². The van der Waals surface area contributed by atoms with Gasteiger partial charge in [-0.25, -0.2) is 0 Å². The molecule has 0 saturated carbocycles. The zero-order valence-electron chi connectivity index (χ0n) is 51.9. The second kappa shape index (κ2) is 18.6. The lowest BCUT2D eigenvalue weighted by molar-refractivity contribution is 0.569. The van der Waals surface area contributed by atoms with Gasteiger partial charge in [0, 0.05) is 55.3 Å². The molecular weight excluding hydrogens is 1020 g/mol. The van der Waals surface area contributed by atoms with E-state index in [0.29, 0.717) is 0 Å². The summed E-state index contributed by atoms with van der Waals surface area (Å²) in [4.78, 5) is 2.71. The Bertz CT molecular complexity index is 4560. The molecule has 0 aliphatic carbocycles. The van der Waals surface area contributed by atoms with Crippen LogP contribution in [0, 0.1) is 0 Å². The summed E-state index contributed by atoms with van der Waals surface area (Å²) in [6.45, 7) is 35.2. The van der Waals surface area contributed by atoms with Gasteiger partial charge >= 0.3 is 0 Å². The fourth-order valence-electron chi connectivity index (χ4n) is 13.6. The lowest BCUT2D eigenvalue weighted by Crippen LogP contribution is -2.60. The number of fused-ring (bicyclic) bond motifs is 10. The molecule has 2 aliphatic rings. The number of nitrogens with zero attached hydrogens (tertiary/aromatic N) is 2. The summed E-state index contributed by atoms with van der Waals surface area (Å²) in [5.41, 5.74) is 28.4. The molecule has 12 aromatic rings. The number of benzene rings is 10. The van der Waals surface area contributed by atoms with Crippen molar-refractivity contribution in [1.82, 2.24) is 4.57 Å². The predicted octanol–water partition coefficient (Wildman–Crippen LogP) is 20.5. The van der Waals surface area contributed by atoms with Gasteiger partial charge in [0.05, 0.1) is 11.2 Å². The van der Waals surface area contributed by atoms with Gasteiger partial charge in [-0.3, -0.25) is 0 Å². The van der Waals surface area contributed by atoms with E-state index in [1.54, 1.807) is 0 Å². The summed E-state index contributed by atoms with van der Waals surface area (Å²) < 4.78 is 9.83. The molecule has 2 aromatic heterocycles. The number of anilines is 3. The molecule has 0 radical (unpaired) electrons. The van der Waals surface area contributed by atoms with Crippen molar-refractivity contribution >= 4 is 83.9 Å². The van der Waals surface area contributed by atoms with Crippen LogP contribution in [0.1, 0.15) is 132 Å². The Labute approximate surface area is 498 Å². The first-order chi connectivity index (χ1) is 39.8. The molecule has 0 spiro atoms. The summed E-state index contributed by atoms with van der Waals surface area (Å²) in [6.07, 6.45) is 0. The summed E-state index contributed by atoms with van der Waals surface area (Å²) in [5, 5.41) is 4.80. The number of hydrogen-bond acceptors (Lipinski definition) is 2. The maximum Gasteiger partial charge on any atom is 0.252 e. The van der Waals surface area contributed by atoms with Crippen LogP contribution in [0.3, 0.4) is 0 Å². The van der Waals surface area contributed by atoms with Crippen LogP contribution in [0.4, 0.5) is 17.1 Å². The normalized spacial score (nSPS) is 13.6. The van der Waals surface area contributed by atoms with Crippen molar-refractivity contribution in [3.8, 4) is 50.2 Å². The molecule has 3 nitrogen and oxygen atoms in total. The van der Waals surface area contributed by atoms with E-state index in [-0.39, 0.29) is 33.8 Å². The highest BCUT2D eigenvalue weighted by Crippen LogP contribution is 2.53. The van der Waals surface area contributed by atoms with Gasteiger partial charge in [0.25, 0.3) is 6.71 Å². The smallest absolute Gasteiger partial charge is 0.252 e. The molecule has 0 amide bonds. The first-order valence-corrected chi connectivity index (χ1v) is 30.4. The summed E-state index contributed by atoms with van der Waals surface area (Å²) >= 11 is 0. The summed E-state index contributed by atoms with van der Waals surface area (Å²) in [5.74, 6) is 0. The van der Waals surface area contributed by atoms with E-state index in [9.17, 15) is 0 Å². The van der Waals surface area contributed by atoms with E-state index in [1.165, 1.54) is 122 Å². The zero-order valence-corrected chi connectivity index (χ0v) is 51.9. The van der Waals surface area contributed by atoms with Gasteiger partial charge in [-0.1, -0.05) is 231 Å². The largest absolute Gasteiger partial charge is 0.456 e. The number of aromatic nitrogens is 1. The maximum absolute atomic E-state index is 7.16. The van der Waals surface area contributed by atoms with Crippen LogP contribution >= 0.6 is 0 Å². The first kappa shape index (κ1) is 53.7. The predicted molar refractivity (Wildman–Crippen MR) is 363 cm³/mol. The molecule has 0 saturated heterocycles. The standard InChI is InChI=1S/C80H77BN2O/c1-76(2,3)54-32-33-67-61(41-54)64-44-58(80(13,14)15)45-66-75(64)82(67)69-38-53(52-35-55(77(4,5)6)40-56(36-52)78(7,8)9)39-70-73(69)81(66)65-47-72-63(62-37-51(31-34-71(62)84-72)48-25-19-16-20-26-48)46-68(65)83(70)74-59(49-27-21-17-22-28-49)42-57(79(10,11)12)43-60(74)50-29-23-18-24-30-50/h16-47H,1-15H3. The lowest BCUT2D eigenvalue weighted by Gasteiger charge is -2.42. The minimum Gasteiger partial charge on any atom is -0.456 e. The third-order valence-electron chi connectivity index (χ3n) is 18.5. The van der Waals surface area contributed by atoms with Crippen molar-refractivity contribution in [2.75, 3.05) is 4.90 Å². The molecule has 84 heavy (non-hydrogen) atoms. The Morgan fingerprint density at radius 2 is 0.821 bits per heavy atom. The van der Waals surface area contributed by atoms with Crippen LogP contribution in [-0.4, -0.2) is 11.3 Å². The van der Waals surface area contributed by atoms with E-state index in [0.717, 1.165) is 33.3 Å². The molecule has 2 aliphatic heterocycles. The van der Waals surface area contributed by atoms with Crippen molar-refractivity contribution in [2.45, 2.75) is 131 Å². The highest BCUT2D eigenvalue weighted by Gasteiger charge is 2.45. The molecule has 4 heterocycles. The van der Waals surface area contributed by atoms with Crippen molar-refractivity contribution in [3.05, 3.63) is 222 Å². The average Bonchev–Trinajstić information content (AvgIpc) is 1.30. The zero-order chi connectivity index (χ0) is 58.7. The molecule has 0 fully saturated rings. The fourth-order valence-corrected chi connectivity index (χ4v) is 13.6. The van der Waals surface area contributed by atoms with Gasteiger partial charge in [-0.05, 0) is 171 Å². The van der Waals surface area contributed by atoms with Crippen molar-refractivity contribution in [1.29, 1.82) is 0 Å². The fraction of sp³-hybridized carbons (Fsp3) is 0.250. The SMILES string of the molecule is CC(C)(C)c1cc(-c2cc3c4c(c2)-n2c5ccc(C(C)(C)C)cc5c5cc(C(C)(C)C)cc(c52)B4c2cc4oc5ccc(-c6ccccc6)cc5c4cc2N3c2c(-c3ccccc3)cc(C(C)(C)C)cc2-c2ccccc2)cc(C(C)(C)C)c1. The molecule has 416 valence electrons. The molecule has 0 N–H and O–H groups in total. The Balaban J connectivity index is 1.22. The third-order valence-corrected chi connectivity index (χ3v) is 18.5. The minimum atomic E-state index is -0.156. The van der Waals surface area contributed by atoms with Gasteiger partial charge < -0.3 is 13.9 Å². The van der Waals surface area contributed by atoms with Crippen molar-refractivity contribution in [3.63, 3.8) is 0 Å². The Morgan fingerprint density at radius 3 is 1.39 bits per heavy atom. The van der Waals surface area contributed by atoms with Gasteiger partial charge in [0.2, 0.25) is 0 Å². The average molecular weight is 1090 g/mol. The van der Waals surface area contributed by atoms with E-state index in [4.69, 9.17) is 4.42 Å². The quantitative estimate of drug-likeness (QED) is 0.160. The molecule has 0 unspecified atom stereocenters. The van der Waals surface area contributed by atoms with Crippen molar-refractivity contribution in [2.24, 2.45) is 0 Å². The van der Waals surface area contributed by atoms with Crippen LogP contribution in [0.15, 0.2) is 199 Å². The second-order valence-corrected chi connectivity index (χ2v) is 29.5. The van der Waals surface area contributed by atoms with Crippen molar-refractivity contribution < 1.29 is 4.42 Å². The van der Waals surface area contributed by atoms with Crippen LogP contribution in [0.25, 0.3) is 93.9 Å². The maximum atomic E-state index is 7.16. The van der Waals surface area contributed by atoms with E-state index in [1.807, 2.05) is 0 Å². The molecular formula is C80H77BN2O. The van der Waals surface area contributed by atoms with Gasteiger partial charge in [0.1, 0.15) is 11.2 Å². The molecule has 0 bridgehead atoms. The van der Waals surface area contributed by atoms with Crippen LogP contribution < -0.4 is 21.3 Å². The summed E-state index contributed by atoms with van der Waals surface area (Å²) in [6, 6.07) is 74.8. The van der Waals surface area contributed by atoms with E-state index < -0.39 is 0 Å².